The van der Waals surface area contributed by atoms with Gasteiger partial charge in [-0.25, -0.2) is 0 Å². The number of hydrogen-bond donors (Lipinski definition) is 3. The normalized spacial score (nSPS) is 11.7. The van der Waals surface area contributed by atoms with E-state index in [0.717, 1.165) is 25.7 Å². The lowest BCUT2D eigenvalue weighted by Crippen LogP contribution is -2.01. The van der Waals surface area contributed by atoms with E-state index in [2.05, 4.69) is 12.1 Å². The number of oxime groups is 1. The lowest BCUT2D eigenvalue weighted by Gasteiger charge is -2.07. The predicted octanol–water partition coefficient (Wildman–Crippen LogP) is 3.25. The van der Waals surface area contributed by atoms with E-state index >= 15 is 0 Å². The van der Waals surface area contributed by atoms with Crippen LogP contribution in [0.5, 0.6) is 11.5 Å². The minimum Gasteiger partial charge on any atom is -0.508 e. The van der Waals surface area contributed by atoms with Gasteiger partial charge in [0.2, 0.25) is 0 Å². The van der Waals surface area contributed by atoms with Crippen LogP contribution in [0.25, 0.3) is 0 Å². The quantitative estimate of drug-likeness (QED) is 0.308. The van der Waals surface area contributed by atoms with Gasteiger partial charge >= 0.3 is 0 Å². The largest absolute Gasteiger partial charge is 0.508 e. The van der Waals surface area contributed by atoms with E-state index < -0.39 is 0 Å². The number of aromatic hydroxyl groups is 2. The molecule has 0 fully saturated rings. The van der Waals surface area contributed by atoms with E-state index in [1.165, 1.54) is 12.1 Å². The molecule has 0 amide bonds. The third kappa shape index (κ3) is 3.98. The molecule has 0 aliphatic heterocycles. The zero-order chi connectivity index (χ0) is 12.7. The van der Waals surface area contributed by atoms with Gasteiger partial charge in [0, 0.05) is 11.6 Å². The van der Waals surface area contributed by atoms with Crippen molar-refractivity contribution in [3.63, 3.8) is 0 Å². The zero-order valence-corrected chi connectivity index (χ0v) is 10.1. The van der Waals surface area contributed by atoms with Crippen LogP contribution in [0, 0.1) is 0 Å². The van der Waals surface area contributed by atoms with Crippen molar-refractivity contribution in [2.45, 2.75) is 39.0 Å². The van der Waals surface area contributed by atoms with Crippen LogP contribution in [-0.4, -0.2) is 21.1 Å². The zero-order valence-electron chi connectivity index (χ0n) is 10.1. The molecular formula is C13H19NO3. The standard InChI is InChI=1S/C13H19NO3/c1-2-3-4-5-6-12(14-17)11-8-7-10(15)9-13(11)16/h7-9,15-17H,2-6H2,1H3. The van der Waals surface area contributed by atoms with E-state index in [1.807, 2.05) is 0 Å². The van der Waals surface area contributed by atoms with Crippen molar-refractivity contribution in [1.29, 1.82) is 0 Å². The Bertz CT molecular complexity index is 388. The first-order valence-electron chi connectivity index (χ1n) is 5.92. The Morgan fingerprint density at radius 1 is 1.18 bits per heavy atom. The second-order valence-corrected chi connectivity index (χ2v) is 4.06. The summed E-state index contributed by atoms with van der Waals surface area (Å²) < 4.78 is 0. The van der Waals surface area contributed by atoms with E-state index in [1.54, 1.807) is 6.07 Å². The van der Waals surface area contributed by atoms with Crippen molar-refractivity contribution >= 4 is 5.71 Å². The first-order valence-corrected chi connectivity index (χ1v) is 5.92. The highest BCUT2D eigenvalue weighted by atomic mass is 16.4. The van der Waals surface area contributed by atoms with Gasteiger partial charge in [0.15, 0.2) is 0 Å². The molecule has 0 atom stereocenters. The predicted molar refractivity (Wildman–Crippen MR) is 66.9 cm³/mol. The number of hydrogen-bond acceptors (Lipinski definition) is 4. The number of unbranched alkanes of at least 4 members (excludes halogenated alkanes) is 3. The topological polar surface area (TPSA) is 73.1 Å². The average Bonchev–Trinajstić information content (AvgIpc) is 2.31. The van der Waals surface area contributed by atoms with Gasteiger partial charge in [0.25, 0.3) is 0 Å². The van der Waals surface area contributed by atoms with Crippen LogP contribution in [0.15, 0.2) is 23.4 Å². The van der Waals surface area contributed by atoms with Crippen LogP contribution in [-0.2, 0) is 0 Å². The number of nitrogens with zero attached hydrogens (tertiary/aromatic N) is 1. The molecule has 1 aromatic carbocycles. The molecule has 17 heavy (non-hydrogen) atoms. The summed E-state index contributed by atoms with van der Waals surface area (Å²) in [5, 5.41) is 31.0. The minimum absolute atomic E-state index is 0.00507. The lowest BCUT2D eigenvalue weighted by atomic mass is 10.0. The average molecular weight is 237 g/mol. The SMILES string of the molecule is CCCCCCC(=NO)c1ccc(O)cc1O. The van der Waals surface area contributed by atoms with Gasteiger partial charge in [-0.15, -0.1) is 0 Å². The van der Waals surface area contributed by atoms with Crippen LogP contribution < -0.4 is 0 Å². The molecule has 0 heterocycles. The molecule has 0 unspecified atom stereocenters. The van der Waals surface area contributed by atoms with Crippen LogP contribution in [0.3, 0.4) is 0 Å². The summed E-state index contributed by atoms with van der Waals surface area (Å²) in [6, 6.07) is 4.26. The summed E-state index contributed by atoms with van der Waals surface area (Å²) in [7, 11) is 0. The maximum atomic E-state index is 9.64. The Morgan fingerprint density at radius 3 is 2.53 bits per heavy atom. The third-order valence-electron chi connectivity index (χ3n) is 2.68. The molecule has 0 aromatic heterocycles. The van der Waals surface area contributed by atoms with Crippen LogP contribution >= 0.6 is 0 Å². The van der Waals surface area contributed by atoms with Gasteiger partial charge in [-0.2, -0.15) is 0 Å². The van der Waals surface area contributed by atoms with Gasteiger partial charge in [-0.1, -0.05) is 31.3 Å². The van der Waals surface area contributed by atoms with Gasteiger partial charge in [-0.05, 0) is 25.0 Å². The van der Waals surface area contributed by atoms with Crippen molar-refractivity contribution in [2.75, 3.05) is 0 Å². The van der Waals surface area contributed by atoms with Gasteiger partial charge in [-0.3, -0.25) is 0 Å². The Morgan fingerprint density at radius 2 is 1.94 bits per heavy atom. The fourth-order valence-corrected chi connectivity index (χ4v) is 1.72. The van der Waals surface area contributed by atoms with Gasteiger partial charge < -0.3 is 15.4 Å². The molecule has 0 aliphatic rings. The summed E-state index contributed by atoms with van der Waals surface area (Å²) in [5.74, 6) is -0.0668. The fourth-order valence-electron chi connectivity index (χ4n) is 1.72. The first-order chi connectivity index (χ1) is 8.19. The molecule has 4 nitrogen and oxygen atoms in total. The minimum atomic E-state index is -0.0618. The van der Waals surface area contributed by atoms with Crippen molar-refractivity contribution in [2.24, 2.45) is 5.16 Å². The maximum Gasteiger partial charge on any atom is 0.128 e. The Hall–Kier alpha value is -1.71. The molecule has 0 aliphatic carbocycles. The van der Waals surface area contributed by atoms with Crippen molar-refractivity contribution in [1.82, 2.24) is 0 Å². The second kappa shape index (κ2) is 6.78. The van der Waals surface area contributed by atoms with E-state index in [9.17, 15) is 10.2 Å². The van der Waals surface area contributed by atoms with E-state index in [0.29, 0.717) is 17.7 Å². The fraction of sp³-hybridized carbons (Fsp3) is 0.462. The highest BCUT2D eigenvalue weighted by Crippen LogP contribution is 2.24. The molecule has 0 saturated carbocycles. The second-order valence-electron chi connectivity index (χ2n) is 4.06. The van der Waals surface area contributed by atoms with Crippen molar-refractivity contribution in [3.8, 4) is 11.5 Å². The summed E-state index contributed by atoms with van der Waals surface area (Å²) in [4.78, 5) is 0. The number of benzene rings is 1. The Balaban J connectivity index is 2.67. The van der Waals surface area contributed by atoms with Gasteiger partial charge in [0.05, 0.1) is 5.71 Å². The molecule has 0 bridgehead atoms. The monoisotopic (exact) mass is 237 g/mol. The number of phenolic OH excluding ortho intramolecular Hbond substituents is 2. The third-order valence-corrected chi connectivity index (χ3v) is 2.68. The molecule has 0 spiro atoms. The highest BCUT2D eigenvalue weighted by molar-refractivity contribution is 6.02. The van der Waals surface area contributed by atoms with E-state index in [4.69, 9.17) is 5.21 Å². The number of phenols is 2. The Kier molecular flexibility index (Phi) is 5.33. The maximum absolute atomic E-state index is 9.64. The Labute approximate surface area is 101 Å². The molecule has 1 rings (SSSR count). The van der Waals surface area contributed by atoms with E-state index in [-0.39, 0.29) is 11.5 Å². The summed E-state index contributed by atoms with van der Waals surface area (Å²) in [6.45, 7) is 2.13. The summed E-state index contributed by atoms with van der Waals surface area (Å²) in [5.41, 5.74) is 0.931. The first kappa shape index (κ1) is 13.4. The molecule has 1 aromatic rings. The summed E-state index contributed by atoms with van der Waals surface area (Å²) in [6.07, 6.45) is 4.92. The number of rotatable bonds is 6. The molecule has 4 heteroatoms. The van der Waals surface area contributed by atoms with Crippen molar-refractivity contribution < 1.29 is 15.4 Å². The molecule has 0 radical (unpaired) electrons. The highest BCUT2D eigenvalue weighted by Gasteiger charge is 2.10. The molecule has 3 N–H and O–H groups in total. The smallest absolute Gasteiger partial charge is 0.128 e. The molecule has 0 saturated heterocycles. The molecular weight excluding hydrogens is 218 g/mol. The summed E-state index contributed by atoms with van der Waals surface area (Å²) >= 11 is 0. The van der Waals surface area contributed by atoms with Crippen LogP contribution in [0.1, 0.15) is 44.6 Å². The molecule has 94 valence electrons. The van der Waals surface area contributed by atoms with Crippen LogP contribution in [0.2, 0.25) is 0 Å². The van der Waals surface area contributed by atoms with Crippen molar-refractivity contribution in [3.05, 3.63) is 23.8 Å². The van der Waals surface area contributed by atoms with Crippen LogP contribution in [0.4, 0.5) is 0 Å². The van der Waals surface area contributed by atoms with Gasteiger partial charge in [0.1, 0.15) is 11.5 Å². The lowest BCUT2D eigenvalue weighted by molar-refractivity contribution is 0.317.